The first-order valence-corrected chi connectivity index (χ1v) is 8.09. The number of hydrogen-bond acceptors (Lipinski definition) is 2. The highest BCUT2D eigenvalue weighted by Gasteiger charge is 2.18. The quantitative estimate of drug-likeness (QED) is 0.825. The summed E-state index contributed by atoms with van der Waals surface area (Å²) in [5.41, 5.74) is 3.12. The number of nitrogens with one attached hydrogen (secondary N) is 1. The Hall–Kier alpha value is -1.81. The van der Waals surface area contributed by atoms with Crippen LogP contribution in [0.25, 0.3) is 0 Å². The van der Waals surface area contributed by atoms with Gasteiger partial charge in [-0.1, -0.05) is 28.9 Å². The summed E-state index contributed by atoms with van der Waals surface area (Å²) >= 11 is 3.37. The van der Waals surface area contributed by atoms with Crippen molar-refractivity contribution >= 4 is 27.5 Å². The molecule has 22 heavy (non-hydrogen) atoms. The van der Waals surface area contributed by atoms with E-state index in [0.29, 0.717) is 6.42 Å². The highest BCUT2D eigenvalue weighted by atomic mass is 79.9. The zero-order valence-electron chi connectivity index (χ0n) is 13.0. The average Bonchev–Trinajstić information content (AvgIpc) is 2.50. The van der Waals surface area contributed by atoms with E-state index in [1.807, 2.05) is 56.3 Å². The van der Waals surface area contributed by atoms with Crippen molar-refractivity contribution in [1.29, 1.82) is 0 Å². The van der Waals surface area contributed by atoms with Gasteiger partial charge in [0.05, 0.1) is 0 Å². The van der Waals surface area contributed by atoms with Crippen LogP contribution in [0.15, 0.2) is 46.9 Å². The van der Waals surface area contributed by atoms with Crippen molar-refractivity contribution in [1.82, 2.24) is 0 Å². The van der Waals surface area contributed by atoms with Gasteiger partial charge in [0.2, 0.25) is 0 Å². The molecule has 1 unspecified atom stereocenters. The van der Waals surface area contributed by atoms with Crippen molar-refractivity contribution in [3.63, 3.8) is 0 Å². The second-order valence-corrected chi connectivity index (χ2v) is 6.17. The van der Waals surface area contributed by atoms with Crippen molar-refractivity contribution in [2.45, 2.75) is 33.3 Å². The van der Waals surface area contributed by atoms with Crippen molar-refractivity contribution in [2.75, 3.05) is 5.32 Å². The summed E-state index contributed by atoms with van der Waals surface area (Å²) in [5.74, 6) is 0.587. The van der Waals surface area contributed by atoms with Gasteiger partial charge in [-0.3, -0.25) is 4.79 Å². The molecule has 0 radical (unpaired) electrons. The van der Waals surface area contributed by atoms with Gasteiger partial charge in [-0.05, 0) is 67.8 Å². The predicted octanol–water partition coefficient (Wildman–Crippen LogP) is 4.86. The van der Waals surface area contributed by atoms with Gasteiger partial charge in [-0.2, -0.15) is 0 Å². The molecule has 0 heterocycles. The van der Waals surface area contributed by atoms with Crippen molar-refractivity contribution in [3.8, 4) is 5.75 Å². The van der Waals surface area contributed by atoms with Crippen LogP contribution in [0, 0.1) is 13.8 Å². The van der Waals surface area contributed by atoms with E-state index >= 15 is 0 Å². The molecular weight excluding hydrogens is 342 g/mol. The van der Waals surface area contributed by atoms with E-state index in [9.17, 15) is 4.79 Å². The molecule has 0 bridgehead atoms. The molecule has 0 aliphatic carbocycles. The van der Waals surface area contributed by atoms with Crippen LogP contribution in [-0.2, 0) is 4.79 Å². The molecule has 0 aliphatic rings. The van der Waals surface area contributed by atoms with Crippen LogP contribution in [0.5, 0.6) is 5.75 Å². The maximum absolute atomic E-state index is 12.3. The highest BCUT2D eigenvalue weighted by molar-refractivity contribution is 9.10. The molecule has 3 nitrogen and oxygen atoms in total. The van der Waals surface area contributed by atoms with Crippen LogP contribution in [0.2, 0.25) is 0 Å². The molecule has 1 N–H and O–H groups in total. The van der Waals surface area contributed by atoms with E-state index < -0.39 is 6.10 Å². The topological polar surface area (TPSA) is 38.3 Å². The Balaban J connectivity index is 2.05. The number of carbonyl (C=O) groups excluding carboxylic acids is 1. The van der Waals surface area contributed by atoms with Crippen LogP contribution in [0.3, 0.4) is 0 Å². The molecular formula is C18H20BrNO2. The highest BCUT2D eigenvalue weighted by Crippen LogP contribution is 2.20. The first-order chi connectivity index (χ1) is 10.5. The van der Waals surface area contributed by atoms with Gasteiger partial charge in [0.25, 0.3) is 5.91 Å². The summed E-state index contributed by atoms with van der Waals surface area (Å²) in [6.07, 6.45) is 0.0979. The summed E-state index contributed by atoms with van der Waals surface area (Å²) < 4.78 is 6.81. The molecule has 2 aromatic carbocycles. The second kappa shape index (κ2) is 7.45. The molecule has 116 valence electrons. The first kappa shape index (κ1) is 16.6. The third-order valence-corrected chi connectivity index (χ3v) is 4.06. The largest absolute Gasteiger partial charge is 0.481 e. The Labute approximate surface area is 139 Å². The molecule has 0 saturated heterocycles. The number of aryl methyl sites for hydroxylation is 2. The molecule has 1 atom stereocenters. The lowest BCUT2D eigenvalue weighted by Crippen LogP contribution is -2.32. The molecule has 0 spiro atoms. The van der Waals surface area contributed by atoms with Gasteiger partial charge in [0, 0.05) is 10.2 Å². The van der Waals surface area contributed by atoms with E-state index in [1.54, 1.807) is 0 Å². The number of carbonyl (C=O) groups is 1. The van der Waals surface area contributed by atoms with Crippen LogP contribution in [0.1, 0.15) is 24.5 Å². The minimum atomic E-state index is -0.509. The fourth-order valence-electron chi connectivity index (χ4n) is 2.03. The number of halogens is 1. The fourth-order valence-corrected chi connectivity index (χ4v) is 2.29. The van der Waals surface area contributed by atoms with Crippen LogP contribution in [0.4, 0.5) is 5.69 Å². The van der Waals surface area contributed by atoms with Crippen LogP contribution >= 0.6 is 15.9 Å². The van der Waals surface area contributed by atoms with E-state index in [0.717, 1.165) is 21.5 Å². The molecule has 0 fully saturated rings. The van der Waals surface area contributed by atoms with Gasteiger partial charge in [-0.15, -0.1) is 0 Å². The van der Waals surface area contributed by atoms with Gasteiger partial charge >= 0.3 is 0 Å². The standard InChI is InChI=1S/C18H20BrNO2/c1-4-17(22-16-10-5-12(2)13(3)11-16)18(21)20-15-8-6-14(19)7-9-15/h5-11,17H,4H2,1-3H3,(H,20,21). The van der Waals surface area contributed by atoms with Crippen molar-refractivity contribution < 1.29 is 9.53 Å². The Kier molecular flexibility index (Phi) is 5.61. The third kappa shape index (κ3) is 4.34. The van der Waals surface area contributed by atoms with E-state index in [4.69, 9.17) is 4.74 Å². The Morgan fingerprint density at radius 1 is 1.14 bits per heavy atom. The third-order valence-electron chi connectivity index (χ3n) is 3.53. The maximum atomic E-state index is 12.3. The normalized spacial score (nSPS) is 11.8. The van der Waals surface area contributed by atoms with Gasteiger partial charge in [0.1, 0.15) is 5.75 Å². The van der Waals surface area contributed by atoms with E-state index in [1.165, 1.54) is 5.56 Å². The lowest BCUT2D eigenvalue weighted by atomic mass is 10.1. The monoisotopic (exact) mass is 361 g/mol. The Bertz CT molecular complexity index is 653. The predicted molar refractivity (Wildman–Crippen MR) is 93.4 cm³/mol. The minimum Gasteiger partial charge on any atom is -0.481 e. The van der Waals surface area contributed by atoms with Gasteiger partial charge in [0.15, 0.2) is 6.10 Å². The summed E-state index contributed by atoms with van der Waals surface area (Å²) in [4.78, 5) is 12.3. The molecule has 0 saturated carbocycles. The van der Waals surface area contributed by atoms with Gasteiger partial charge < -0.3 is 10.1 Å². The van der Waals surface area contributed by atoms with Gasteiger partial charge in [-0.25, -0.2) is 0 Å². The number of anilines is 1. The number of benzene rings is 2. The molecule has 0 aliphatic heterocycles. The van der Waals surface area contributed by atoms with Crippen LogP contribution < -0.4 is 10.1 Å². The summed E-state index contributed by atoms with van der Waals surface area (Å²) in [6, 6.07) is 13.4. The van der Waals surface area contributed by atoms with Crippen LogP contribution in [-0.4, -0.2) is 12.0 Å². The molecule has 2 rings (SSSR count). The SMILES string of the molecule is CCC(Oc1ccc(C)c(C)c1)C(=O)Nc1ccc(Br)cc1. The Morgan fingerprint density at radius 2 is 1.82 bits per heavy atom. The number of amides is 1. The maximum Gasteiger partial charge on any atom is 0.265 e. The lowest BCUT2D eigenvalue weighted by Gasteiger charge is -2.18. The number of rotatable bonds is 5. The fraction of sp³-hybridized carbons (Fsp3) is 0.278. The van der Waals surface area contributed by atoms with Crippen molar-refractivity contribution in [3.05, 3.63) is 58.1 Å². The minimum absolute atomic E-state index is 0.136. The zero-order valence-corrected chi connectivity index (χ0v) is 14.6. The number of ether oxygens (including phenoxy) is 1. The van der Waals surface area contributed by atoms with E-state index in [-0.39, 0.29) is 5.91 Å². The summed E-state index contributed by atoms with van der Waals surface area (Å²) in [6.45, 7) is 6.02. The molecule has 4 heteroatoms. The molecule has 1 amide bonds. The zero-order chi connectivity index (χ0) is 16.1. The van der Waals surface area contributed by atoms with Crippen molar-refractivity contribution in [2.24, 2.45) is 0 Å². The summed E-state index contributed by atoms with van der Waals surface area (Å²) in [7, 11) is 0. The molecule has 0 aromatic heterocycles. The van der Waals surface area contributed by atoms with E-state index in [2.05, 4.69) is 28.2 Å². The summed E-state index contributed by atoms with van der Waals surface area (Å²) in [5, 5.41) is 2.88. The average molecular weight is 362 g/mol. The second-order valence-electron chi connectivity index (χ2n) is 5.26. The number of hydrogen-bond donors (Lipinski definition) is 1. The molecule has 2 aromatic rings. The smallest absolute Gasteiger partial charge is 0.265 e. The lowest BCUT2D eigenvalue weighted by molar-refractivity contribution is -0.122. The first-order valence-electron chi connectivity index (χ1n) is 7.30. The Morgan fingerprint density at radius 3 is 2.41 bits per heavy atom.